The molecule has 13 heavy (non-hydrogen) atoms. The van der Waals surface area contributed by atoms with Crippen LogP contribution in [0.25, 0.3) is 0 Å². The van der Waals surface area contributed by atoms with Crippen molar-refractivity contribution in [2.24, 2.45) is 0 Å². The second-order valence-corrected chi connectivity index (χ2v) is 3.06. The number of hydrogen-bond donors (Lipinski definition) is 1. The molecule has 0 atom stereocenters. The molecule has 0 aliphatic heterocycles. The summed E-state index contributed by atoms with van der Waals surface area (Å²) in [4.78, 5) is 11.2. The highest BCUT2D eigenvalue weighted by molar-refractivity contribution is 5.92. The van der Waals surface area contributed by atoms with Crippen LogP contribution < -0.4 is 5.32 Å². The van der Waals surface area contributed by atoms with E-state index in [-0.39, 0.29) is 5.91 Å². The third kappa shape index (κ3) is 6.14. The molecule has 0 aromatic rings. The molecule has 1 N–H and O–H groups in total. The smallest absolute Gasteiger partial charge is 0.246 e. The Bertz CT molecular complexity index is 185. The monoisotopic (exact) mass is 181 g/mol. The molecule has 0 aliphatic rings. The normalized spacial score (nSPS) is 9.31. The van der Waals surface area contributed by atoms with E-state index >= 15 is 0 Å². The van der Waals surface area contributed by atoms with Crippen LogP contribution in [0.1, 0.15) is 32.6 Å². The summed E-state index contributed by atoms with van der Waals surface area (Å²) in [6.07, 6.45) is 5.63. The van der Waals surface area contributed by atoms with Gasteiger partial charge in [-0.05, 0) is 12.8 Å². The number of hydrogen-bond acceptors (Lipinski definition) is 1. The highest BCUT2D eigenvalue weighted by Gasteiger charge is 2.02. The van der Waals surface area contributed by atoms with E-state index in [9.17, 15) is 4.79 Å². The number of unbranched alkanes of at least 4 members (excludes halogenated alkanes) is 2. The van der Waals surface area contributed by atoms with E-state index < -0.39 is 0 Å². The predicted molar refractivity (Wildman–Crippen MR) is 56.5 cm³/mol. The molecular formula is C11H19NO. The Morgan fingerprint density at radius 3 is 2.69 bits per heavy atom. The summed E-state index contributed by atoms with van der Waals surface area (Å²) in [5.74, 6) is -0.0454. The molecule has 0 saturated heterocycles. The highest BCUT2D eigenvalue weighted by Crippen LogP contribution is 1.98. The molecule has 0 fully saturated rings. The van der Waals surface area contributed by atoms with Crippen molar-refractivity contribution in [1.29, 1.82) is 0 Å². The summed E-state index contributed by atoms with van der Waals surface area (Å²) in [5.41, 5.74) is 0.589. The lowest BCUT2D eigenvalue weighted by atomic mass is 10.2. The van der Waals surface area contributed by atoms with Gasteiger partial charge in [0.1, 0.15) is 0 Å². The molecule has 74 valence electrons. The van der Waals surface area contributed by atoms with Crippen molar-refractivity contribution in [2.75, 3.05) is 6.54 Å². The zero-order chi connectivity index (χ0) is 10.1. The standard InChI is InChI=1S/C11H19NO/c1-4-6-7-9-12-11(13)10(3)8-5-2/h5H,2-4,6-9H2,1H3,(H,12,13). The molecule has 0 bridgehead atoms. The maximum atomic E-state index is 11.2. The lowest BCUT2D eigenvalue weighted by molar-refractivity contribution is -0.117. The minimum absolute atomic E-state index is 0.0454. The first-order valence-electron chi connectivity index (χ1n) is 4.79. The number of amides is 1. The molecule has 2 nitrogen and oxygen atoms in total. The van der Waals surface area contributed by atoms with Crippen molar-refractivity contribution in [3.63, 3.8) is 0 Å². The highest BCUT2D eigenvalue weighted by atomic mass is 16.1. The number of allylic oxidation sites excluding steroid dienone is 1. The maximum Gasteiger partial charge on any atom is 0.246 e. The summed E-state index contributed by atoms with van der Waals surface area (Å²) < 4.78 is 0. The fourth-order valence-corrected chi connectivity index (χ4v) is 0.969. The minimum Gasteiger partial charge on any atom is -0.352 e. The lowest BCUT2D eigenvalue weighted by Gasteiger charge is -2.04. The van der Waals surface area contributed by atoms with Gasteiger partial charge in [0.2, 0.25) is 5.91 Å². The summed E-state index contributed by atoms with van der Waals surface area (Å²) in [6, 6.07) is 0. The Morgan fingerprint density at radius 2 is 2.15 bits per heavy atom. The zero-order valence-electron chi connectivity index (χ0n) is 8.44. The molecule has 0 saturated carbocycles. The van der Waals surface area contributed by atoms with Gasteiger partial charge in [-0.1, -0.05) is 32.4 Å². The van der Waals surface area contributed by atoms with Crippen molar-refractivity contribution >= 4 is 5.91 Å². The first-order chi connectivity index (χ1) is 6.22. The predicted octanol–water partition coefficient (Wildman–Crippen LogP) is 2.43. The van der Waals surface area contributed by atoms with Crippen molar-refractivity contribution in [3.8, 4) is 0 Å². The summed E-state index contributed by atoms with van der Waals surface area (Å²) in [6.45, 7) is 10.1. The van der Waals surface area contributed by atoms with Crippen LogP contribution in [0.15, 0.2) is 24.8 Å². The van der Waals surface area contributed by atoms with Gasteiger partial charge in [-0.3, -0.25) is 4.79 Å². The Labute approximate surface area is 80.7 Å². The van der Waals surface area contributed by atoms with Gasteiger partial charge in [-0.2, -0.15) is 0 Å². The molecule has 1 amide bonds. The molecule has 0 unspecified atom stereocenters. The van der Waals surface area contributed by atoms with Crippen molar-refractivity contribution in [1.82, 2.24) is 5.32 Å². The van der Waals surface area contributed by atoms with E-state index in [2.05, 4.69) is 25.4 Å². The van der Waals surface area contributed by atoms with E-state index in [1.54, 1.807) is 6.08 Å². The average Bonchev–Trinajstić information content (AvgIpc) is 2.12. The van der Waals surface area contributed by atoms with E-state index in [0.29, 0.717) is 12.0 Å². The number of carbonyl (C=O) groups excluding carboxylic acids is 1. The number of nitrogens with one attached hydrogen (secondary N) is 1. The quantitative estimate of drug-likeness (QED) is 0.365. The molecular weight excluding hydrogens is 162 g/mol. The van der Waals surface area contributed by atoms with Crippen molar-refractivity contribution in [3.05, 3.63) is 24.8 Å². The van der Waals surface area contributed by atoms with Gasteiger partial charge in [0, 0.05) is 12.1 Å². The van der Waals surface area contributed by atoms with Gasteiger partial charge < -0.3 is 5.32 Å². The van der Waals surface area contributed by atoms with E-state index in [1.807, 2.05) is 0 Å². The molecule has 0 aromatic carbocycles. The van der Waals surface area contributed by atoms with Crippen LogP contribution in [-0.2, 0) is 4.79 Å². The lowest BCUT2D eigenvalue weighted by Crippen LogP contribution is -2.25. The zero-order valence-corrected chi connectivity index (χ0v) is 8.44. The average molecular weight is 181 g/mol. The molecule has 0 rings (SSSR count). The Kier molecular flexibility index (Phi) is 6.98. The van der Waals surface area contributed by atoms with Crippen LogP contribution in [-0.4, -0.2) is 12.5 Å². The van der Waals surface area contributed by atoms with Crippen LogP contribution in [0.4, 0.5) is 0 Å². The van der Waals surface area contributed by atoms with E-state index in [4.69, 9.17) is 0 Å². The third-order valence-electron chi connectivity index (χ3n) is 1.78. The largest absolute Gasteiger partial charge is 0.352 e. The summed E-state index contributed by atoms with van der Waals surface area (Å²) >= 11 is 0. The van der Waals surface area contributed by atoms with Crippen LogP contribution in [0, 0.1) is 0 Å². The Balaban J connectivity index is 3.50. The fourth-order valence-electron chi connectivity index (χ4n) is 0.969. The van der Waals surface area contributed by atoms with E-state index in [0.717, 1.165) is 19.4 Å². The molecule has 0 aromatic heterocycles. The van der Waals surface area contributed by atoms with Crippen LogP contribution >= 0.6 is 0 Å². The second-order valence-electron chi connectivity index (χ2n) is 3.06. The van der Waals surface area contributed by atoms with Crippen molar-refractivity contribution in [2.45, 2.75) is 32.6 Å². The second kappa shape index (κ2) is 7.59. The first kappa shape index (κ1) is 11.9. The molecule has 0 aliphatic carbocycles. The van der Waals surface area contributed by atoms with Gasteiger partial charge in [0.05, 0.1) is 0 Å². The van der Waals surface area contributed by atoms with Gasteiger partial charge >= 0.3 is 0 Å². The van der Waals surface area contributed by atoms with Gasteiger partial charge in [0.25, 0.3) is 0 Å². The molecule has 2 heteroatoms. The number of carbonyl (C=O) groups is 1. The van der Waals surface area contributed by atoms with Gasteiger partial charge in [0.15, 0.2) is 0 Å². The molecule has 0 spiro atoms. The van der Waals surface area contributed by atoms with Gasteiger partial charge in [-0.25, -0.2) is 0 Å². The topological polar surface area (TPSA) is 29.1 Å². The van der Waals surface area contributed by atoms with Crippen LogP contribution in [0.2, 0.25) is 0 Å². The molecule has 0 heterocycles. The minimum atomic E-state index is -0.0454. The van der Waals surface area contributed by atoms with E-state index in [1.165, 1.54) is 6.42 Å². The fraction of sp³-hybridized carbons (Fsp3) is 0.545. The Hall–Kier alpha value is -1.05. The number of rotatable bonds is 7. The third-order valence-corrected chi connectivity index (χ3v) is 1.78. The van der Waals surface area contributed by atoms with Gasteiger partial charge in [-0.15, -0.1) is 6.58 Å². The summed E-state index contributed by atoms with van der Waals surface area (Å²) in [7, 11) is 0. The van der Waals surface area contributed by atoms with Crippen LogP contribution in [0.5, 0.6) is 0 Å². The van der Waals surface area contributed by atoms with Crippen LogP contribution in [0.3, 0.4) is 0 Å². The molecule has 0 radical (unpaired) electrons. The summed E-state index contributed by atoms with van der Waals surface area (Å²) in [5, 5.41) is 2.82. The SMILES string of the molecule is C=CCC(=C)C(=O)NCCCCC. The Morgan fingerprint density at radius 1 is 1.46 bits per heavy atom. The first-order valence-corrected chi connectivity index (χ1v) is 4.79. The maximum absolute atomic E-state index is 11.2. The van der Waals surface area contributed by atoms with Crippen molar-refractivity contribution < 1.29 is 4.79 Å².